The molecule has 1 N–H and O–H groups in total. The van der Waals surface area contributed by atoms with Gasteiger partial charge in [-0.2, -0.15) is 9.61 Å². The Balaban J connectivity index is 1.34. The zero-order valence-corrected chi connectivity index (χ0v) is 18.9. The number of hydrogen-bond acceptors (Lipinski definition) is 7. The van der Waals surface area contributed by atoms with Gasteiger partial charge in [-0.3, -0.25) is 4.79 Å². The van der Waals surface area contributed by atoms with Crippen molar-refractivity contribution in [2.45, 2.75) is 11.6 Å². The third-order valence-corrected chi connectivity index (χ3v) is 5.81. The van der Waals surface area contributed by atoms with E-state index in [4.69, 9.17) is 9.47 Å². The first-order chi connectivity index (χ1) is 16.1. The Morgan fingerprint density at radius 1 is 1.03 bits per heavy atom. The Kier molecular flexibility index (Phi) is 7.04. The van der Waals surface area contributed by atoms with Crippen LogP contribution in [0.4, 0.5) is 4.39 Å². The predicted molar refractivity (Wildman–Crippen MR) is 123 cm³/mol. The topological polar surface area (TPSA) is 90.6 Å². The van der Waals surface area contributed by atoms with E-state index >= 15 is 0 Å². The Bertz CT molecular complexity index is 1260. The van der Waals surface area contributed by atoms with Crippen LogP contribution in [-0.2, 0) is 11.2 Å². The molecular formula is C23H22FN5O3S. The van der Waals surface area contributed by atoms with Crippen LogP contribution in [-0.4, -0.2) is 52.2 Å². The van der Waals surface area contributed by atoms with Crippen molar-refractivity contribution in [1.29, 1.82) is 0 Å². The van der Waals surface area contributed by atoms with Crippen LogP contribution >= 0.6 is 11.8 Å². The largest absolute Gasteiger partial charge is 0.493 e. The summed E-state index contributed by atoms with van der Waals surface area (Å²) in [6.07, 6.45) is 0.660. The van der Waals surface area contributed by atoms with Gasteiger partial charge in [-0.25, -0.2) is 4.39 Å². The summed E-state index contributed by atoms with van der Waals surface area (Å²) in [5.74, 6) is 1.07. The van der Waals surface area contributed by atoms with Crippen LogP contribution in [0.25, 0.3) is 16.9 Å². The monoisotopic (exact) mass is 467 g/mol. The fourth-order valence-electron chi connectivity index (χ4n) is 3.20. The maximum Gasteiger partial charge on any atom is 0.230 e. The molecule has 1 amide bonds. The van der Waals surface area contributed by atoms with Crippen molar-refractivity contribution in [3.8, 4) is 22.8 Å². The van der Waals surface area contributed by atoms with Crippen LogP contribution in [0.3, 0.4) is 0 Å². The lowest BCUT2D eigenvalue weighted by atomic mass is 10.1. The number of hydrogen-bond donors (Lipinski definition) is 1. The number of carbonyl (C=O) groups excluding carboxylic acids is 1. The molecule has 0 aliphatic heterocycles. The van der Waals surface area contributed by atoms with Crippen molar-refractivity contribution >= 4 is 23.3 Å². The Hall–Kier alpha value is -3.66. The number of fused-ring (bicyclic) bond motifs is 1. The molecule has 2 aromatic heterocycles. The summed E-state index contributed by atoms with van der Waals surface area (Å²) < 4.78 is 25.3. The molecule has 0 aliphatic carbocycles. The van der Waals surface area contributed by atoms with Gasteiger partial charge in [0.05, 0.1) is 25.7 Å². The Morgan fingerprint density at radius 3 is 2.58 bits per heavy atom. The number of ether oxygens (including phenoxy) is 2. The second kappa shape index (κ2) is 10.3. The molecule has 0 spiro atoms. The fourth-order valence-corrected chi connectivity index (χ4v) is 3.91. The molecule has 0 fully saturated rings. The first kappa shape index (κ1) is 22.5. The van der Waals surface area contributed by atoms with E-state index in [1.54, 1.807) is 43.0 Å². The van der Waals surface area contributed by atoms with Crippen molar-refractivity contribution in [2.75, 3.05) is 26.5 Å². The van der Waals surface area contributed by atoms with Gasteiger partial charge in [-0.15, -0.1) is 10.2 Å². The number of methoxy groups -OCH3 is 2. The molecule has 8 nitrogen and oxygen atoms in total. The molecule has 0 aliphatic rings. The SMILES string of the molecule is COc1ccc(CCNC(=O)CSc2nnc3ccc(-c4ccc(F)cc4)nn23)cc1OC. The van der Waals surface area contributed by atoms with Crippen LogP contribution in [0.2, 0.25) is 0 Å². The quantitative estimate of drug-likeness (QED) is 0.377. The van der Waals surface area contributed by atoms with E-state index in [1.165, 1.54) is 23.9 Å². The van der Waals surface area contributed by atoms with Crippen molar-refractivity contribution in [1.82, 2.24) is 25.1 Å². The van der Waals surface area contributed by atoms with E-state index in [-0.39, 0.29) is 17.5 Å². The maximum atomic E-state index is 13.2. The van der Waals surface area contributed by atoms with Crippen LogP contribution in [0.5, 0.6) is 11.5 Å². The van der Waals surface area contributed by atoms with Crippen molar-refractivity contribution in [3.05, 3.63) is 66.0 Å². The highest BCUT2D eigenvalue weighted by atomic mass is 32.2. The molecule has 2 heterocycles. The molecule has 33 heavy (non-hydrogen) atoms. The molecule has 0 bridgehead atoms. The van der Waals surface area contributed by atoms with Crippen molar-refractivity contribution < 1.29 is 18.7 Å². The Labute approximate surface area is 194 Å². The lowest BCUT2D eigenvalue weighted by Crippen LogP contribution is -2.27. The van der Waals surface area contributed by atoms with E-state index in [2.05, 4.69) is 20.6 Å². The van der Waals surface area contributed by atoms with E-state index in [0.29, 0.717) is 41.0 Å². The summed E-state index contributed by atoms with van der Waals surface area (Å²) >= 11 is 1.25. The molecule has 2 aromatic carbocycles. The normalized spacial score (nSPS) is 10.9. The van der Waals surface area contributed by atoms with Gasteiger partial charge in [0.2, 0.25) is 11.1 Å². The van der Waals surface area contributed by atoms with Gasteiger partial charge in [0.25, 0.3) is 0 Å². The van der Waals surface area contributed by atoms with E-state index in [9.17, 15) is 9.18 Å². The standard InChI is InChI=1S/C23H22FN5O3S/c1-31-19-9-3-15(13-20(19)32-2)11-12-25-22(30)14-33-23-27-26-21-10-8-18(28-29(21)23)16-4-6-17(24)7-5-16/h3-10,13H,11-12,14H2,1-2H3,(H,25,30). The molecule has 4 aromatic rings. The van der Waals surface area contributed by atoms with Crippen LogP contribution in [0.15, 0.2) is 59.8 Å². The summed E-state index contributed by atoms with van der Waals surface area (Å²) in [5.41, 5.74) is 3.03. The number of halogens is 1. The maximum absolute atomic E-state index is 13.2. The summed E-state index contributed by atoms with van der Waals surface area (Å²) in [5, 5.41) is 16.2. The molecule has 0 radical (unpaired) electrons. The van der Waals surface area contributed by atoms with Gasteiger partial charge in [-0.05, 0) is 60.5 Å². The molecular weight excluding hydrogens is 445 g/mol. The van der Waals surface area contributed by atoms with Gasteiger partial charge in [0.1, 0.15) is 5.82 Å². The number of thioether (sulfide) groups is 1. The number of carbonyl (C=O) groups is 1. The summed E-state index contributed by atoms with van der Waals surface area (Å²) in [7, 11) is 3.18. The van der Waals surface area contributed by atoms with Crippen molar-refractivity contribution in [2.24, 2.45) is 0 Å². The number of amides is 1. The van der Waals surface area contributed by atoms with Crippen molar-refractivity contribution in [3.63, 3.8) is 0 Å². The molecule has 0 saturated carbocycles. The number of nitrogens with one attached hydrogen (secondary N) is 1. The minimum absolute atomic E-state index is 0.119. The molecule has 0 atom stereocenters. The smallest absolute Gasteiger partial charge is 0.230 e. The molecule has 4 rings (SSSR count). The van der Waals surface area contributed by atoms with Gasteiger partial charge in [-0.1, -0.05) is 17.8 Å². The first-order valence-electron chi connectivity index (χ1n) is 10.2. The van der Waals surface area contributed by atoms with Gasteiger partial charge >= 0.3 is 0 Å². The van der Waals surface area contributed by atoms with Crippen LogP contribution < -0.4 is 14.8 Å². The third kappa shape index (κ3) is 5.40. The zero-order chi connectivity index (χ0) is 23.2. The zero-order valence-electron chi connectivity index (χ0n) is 18.1. The molecule has 170 valence electrons. The molecule has 0 saturated heterocycles. The minimum atomic E-state index is -0.308. The fraction of sp³-hybridized carbons (Fsp3) is 0.217. The van der Waals surface area contributed by atoms with E-state index in [0.717, 1.165) is 11.1 Å². The summed E-state index contributed by atoms with van der Waals surface area (Å²) in [6, 6.07) is 15.3. The average Bonchev–Trinajstić information content (AvgIpc) is 3.25. The average molecular weight is 468 g/mol. The van der Waals surface area contributed by atoms with E-state index < -0.39 is 0 Å². The lowest BCUT2D eigenvalue weighted by molar-refractivity contribution is -0.118. The minimum Gasteiger partial charge on any atom is -0.493 e. The summed E-state index contributed by atoms with van der Waals surface area (Å²) in [4.78, 5) is 12.3. The lowest BCUT2D eigenvalue weighted by Gasteiger charge is -2.10. The second-order valence-corrected chi connectivity index (χ2v) is 8.00. The highest BCUT2D eigenvalue weighted by Gasteiger charge is 2.12. The van der Waals surface area contributed by atoms with Gasteiger partial charge in [0.15, 0.2) is 17.1 Å². The van der Waals surface area contributed by atoms with Gasteiger partial charge in [0, 0.05) is 12.1 Å². The predicted octanol–water partition coefficient (Wildman–Crippen LogP) is 3.40. The number of benzene rings is 2. The summed E-state index contributed by atoms with van der Waals surface area (Å²) in [6.45, 7) is 0.489. The highest BCUT2D eigenvalue weighted by Crippen LogP contribution is 2.27. The third-order valence-electron chi connectivity index (χ3n) is 4.89. The molecule has 10 heteroatoms. The van der Waals surface area contributed by atoms with E-state index in [1.807, 2.05) is 18.2 Å². The second-order valence-electron chi connectivity index (χ2n) is 7.06. The first-order valence-corrected chi connectivity index (χ1v) is 11.1. The Morgan fingerprint density at radius 2 is 1.82 bits per heavy atom. The van der Waals surface area contributed by atoms with Gasteiger partial charge < -0.3 is 14.8 Å². The van der Waals surface area contributed by atoms with Crippen LogP contribution in [0.1, 0.15) is 5.56 Å². The number of nitrogens with zero attached hydrogens (tertiary/aromatic N) is 4. The number of rotatable bonds is 9. The van der Waals surface area contributed by atoms with Crippen LogP contribution in [0, 0.1) is 5.82 Å². The molecule has 0 unspecified atom stereocenters. The number of aromatic nitrogens is 4. The highest BCUT2D eigenvalue weighted by molar-refractivity contribution is 7.99.